The molecule has 3 heteroatoms. The third-order valence-electron chi connectivity index (χ3n) is 2.08. The van der Waals surface area contributed by atoms with E-state index in [1.54, 1.807) is 6.92 Å². The molecule has 1 unspecified atom stereocenters. The van der Waals surface area contributed by atoms with Crippen molar-refractivity contribution in [1.29, 1.82) is 0 Å². The fourth-order valence-corrected chi connectivity index (χ4v) is 1.26. The Morgan fingerprint density at radius 1 is 1.40 bits per heavy atom. The normalized spacial score (nSPS) is 11.8. The molecule has 1 rings (SSSR count). The molecular weight excluding hydrogens is 190 g/mol. The third-order valence-corrected chi connectivity index (χ3v) is 2.08. The number of benzene rings is 1. The molecule has 0 radical (unpaired) electrons. The molecule has 0 spiro atoms. The first kappa shape index (κ1) is 11.4. The highest BCUT2D eigenvalue weighted by atomic mass is 16.2. The molecule has 0 saturated heterocycles. The summed E-state index contributed by atoms with van der Waals surface area (Å²) >= 11 is 0. The van der Waals surface area contributed by atoms with Gasteiger partial charge in [0.25, 0.3) is 0 Å². The Kier molecular flexibility index (Phi) is 4.54. The highest BCUT2D eigenvalue weighted by Gasteiger charge is 2.05. The molecule has 0 saturated carbocycles. The summed E-state index contributed by atoms with van der Waals surface area (Å²) in [6, 6.07) is 9.40. The van der Waals surface area contributed by atoms with Crippen molar-refractivity contribution < 1.29 is 9.59 Å². The molecule has 0 aromatic heterocycles. The maximum atomic E-state index is 11.3. The average Bonchev–Trinajstić information content (AvgIpc) is 2.27. The zero-order valence-electron chi connectivity index (χ0n) is 8.77. The van der Waals surface area contributed by atoms with E-state index in [9.17, 15) is 9.59 Å². The fourth-order valence-electron chi connectivity index (χ4n) is 1.26. The standard InChI is InChI=1S/C12H15NO2/c1-10(9-14)13-12(15)8-7-11-5-3-2-4-6-11/h2-6,9-10H,7-8H2,1H3,(H,13,15). The van der Waals surface area contributed by atoms with E-state index in [0.29, 0.717) is 12.8 Å². The van der Waals surface area contributed by atoms with Crippen LogP contribution in [0.1, 0.15) is 18.9 Å². The fraction of sp³-hybridized carbons (Fsp3) is 0.333. The van der Waals surface area contributed by atoms with Crippen molar-refractivity contribution in [3.63, 3.8) is 0 Å². The molecule has 3 nitrogen and oxygen atoms in total. The Hall–Kier alpha value is -1.64. The first-order valence-electron chi connectivity index (χ1n) is 5.01. The van der Waals surface area contributed by atoms with Gasteiger partial charge >= 0.3 is 0 Å². The van der Waals surface area contributed by atoms with Crippen LogP contribution in [0.4, 0.5) is 0 Å². The number of amides is 1. The van der Waals surface area contributed by atoms with Crippen LogP contribution in [0.3, 0.4) is 0 Å². The summed E-state index contributed by atoms with van der Waals surface area (Å²) in [5.41, 5.74) is 1.13. The molecule has 0 aliphatic rings. The molecule has 0 bridgehead atoms. The third kappa shape index (κ3) is 4.40. The number of carbonyl (C=O) groups is 2. The maximum Gasteiger partial charge on any atom is 0.220 e. The second-order valence-electron chi connectivity index (χ2n) is 3.48. The molecule has 1 atom stereocenters. The molecule has 1 aromatic rings. The van der Waals surface area contributed by atoms with E-state index in [-0.39, 0.29) is 5.91 Å². The smallest absolute Gasteiger partial charge is 0.220 e. The lowest BCUT2D eigenvalue weighted by Crippen LogP contribution is -2.33. The van der Waals surface area contributed by atoms with Crippen LogP contribution in [0.2, 0.25) is 0 Å². The van der Waals surface area contributed by atoms with Gasteiger partial charge in [0.2, 0.25) is 5.91 Å². The summed E-state index contributed by atoms with van der Waals surface area (Å²) in [7, 11) is 0. The van der Waals surface area contributed by atoms with Crippen molar-refractivity contribution in [2.45, 2.75) is 25.8 Å². The van der Waals surface area contributed by atoms with Crippen molar-refractivity contribution in [3.8, 4) is 0 Å². The van der Waals surface area contributed by atoms with Gasteiger partial charge in [0.15, 0.2) is 0 Å². The lowest BCUT2D eigenvalue weighted by atomic mass is 10.1. The number of carbonyl (C=O) groups excluding carboxylic acids is 2. The monoisotopic (exact) mass is 205 g/mol. The average molecular weight is 205 g/mol. The topological polar surface area (TPSA) is 46.2 Å². The molecule has 0 heterocycles. The molecule has 15 heavy (non-hydrogen) atoms. The van der Waals surface area contributed by atoms with E-state index in [2.05, 4.69) is 5.32 Å². The quantitative estimate of drug-likeness (QED) is 0.737. The summed E-state index contributed by atoms with van der Waals surface area (Å²) in [5.74, 6) is -0.0848. The molecule has 0 aliphatic carbocycles. The van der Waals surface area contributed by atoms with Crippen LogP contribution in [-0.2, 0) is 16.0 Å². The molecule has 0 fully saturated rings. The van der Waals surface area contributed by atoms with Gasteiger partial charge < -0.3 is 10.1 Å². The van der Waals surface area contributed by atoms with E-state index in [4.69, 9.17) is 0 Å². The maximum absolute atomic E-state index is 11.3. The lowest BCUT2D eigenvalue weighted by Gasteiger charge is -2.06. The summed E-state index contributed by atoms with van der Waals surface area (Å²) in [6.45, 7) is 1.66. The van der Waals surface area contributed by atoms with Gasteiger partial charge in [-0.15, -0.1) is 0 Å². The van der Waals surface area contributed by atoms with Crippen LogP contribution in [-0.4, -0.2) is 18.2 Å². The van der Waals surface area contributed by atoms with E-state index < -0.39 is 6.04 Å². The predicted molar refractivity (Wildman–Crippen MR) is 58.4 cm³/mol. The van der Waals surface area contributed by atoms with Gasteiger partial charge in [-0.1, -0.05) is 30.3 Å². The van der Waals surface area contributed by atoms with Crippen molar-refractivity contribution >= 4 is 12.2 Å². The van der Waals surface area contributed by atoms with Gasteiger partial charge in [-0.3, -0.25) is 4.79 Å². The Labute approximate surface area is 89.5 Å². The van der Waals surface area contributed by atoms with Crippen LogP contribution in [0.15, 0.2) is 30.3 Å². The van der Waals surface area contributed by atoms with Crippen molar-refractivity contribution in [1.82, 2.24) is 5.32 Å². The molecular formula is C12H15NO2. The first-order chi connectivity index (χ1) is 7.22. The first-order valence-corrected chi connectivity index (χ1v) is 5.01. The number of hydrogen-bond donors (Lipinski definition) is 1. The van der Waals surface area contributed by atoms with Gasteiger partial charge in [-0.05, 0) is 18.9 Å². The summed E-state index contributed by atoms with van der Waals surface area (Å²) in [4.78, 5) is 21.6. The number of nitrogens with one attached hydrogen (secondary N) is 1. The van der Waals surface area contributed by atoms with E-state index >= 15 is 0 Å². The minimum Gasteiger partial charge on any atom is -0.347 e. The van der Waals surface area contributed by atoms with Crippen LogP contribution in [0, 0.1) is 0 Å². The van der Waals surface area contributed by atoms with Crippen LogP contribution >= 0.6 is 0 Å². The zero-order chi connectivity index (χ0) is 11.1. The minimum absolute atomic E-state index is 0.0848. The Balaban J connectivity index is 2.31. The lowest BCUT2D eigenvalue weighted by molar-refractivity contribution is -0.123. The largest absolute Gasteiger partial charge is 0.347 e. The minimum atomic E-state index is -0.395. The molecule has 1 amide bonds. The van der Waals surface area contributed by atoms with E-state index in [1.807, 2.05) is 30.3 Å². The van der Waals surface area contributed by atoms with Crippen LogP contribution in [0.5, 0.6) is 0 Å². The van der Waals surface area contributed by atoms with Crippen molar-refractivity contribution in [3.05, 3.63) is 35.9 Å². The molecule has 0 aliphatic heterocycles. The summed E-state index contributed by atoms with van der Waals surface area (Å²) < 4.78 is 0. The highest BCUT2D eigenvalue weighted by Crippen LogP contribution is 2.02. The SMILES string of the molecule is CC(C=O)NC(=O)CCc1ccccc1. The second kappa shape index (κ2) is 5.96. The predicted octanol–water partition coefficient (Wildman–Crippen LogP) is 1.32. The van der Waals surface area contributed by atoms with E-state index in [1.165, 1.54) is 0 Å². The number of rotatable bonds is 5. The van der Waals surface area contributed by atoms with Gasteiger partial charge in [-0.25, -0.2) is 0 Å². The summed E-state index contributed by atoms with van der Waals surface area (Å²) in [6.07, 6.45) is 1.85. The summed E-state index contributed by atoms with van der Waals surface area (Å²) in [5, 5.41) is 2.59. The van der Waals surface area contributed by atoms with Gasteiger partial charge in [-0.2, -0.15) is 0 Å². The highest BCUT2D eigenvalue weighted by molar-refractivity contribution is 5.79. The molecule has 1 N–H and O–H groups in total. The van der Waals surface area contributed by atoms with Crippen LogP contribution in [0.25, 0.3) is 0 Å². The molecule has 80 valence electrons. The number of aldehydes is 1. The second-order valence-corrected chi connectivity index (χ2v) is 3.48. The Bertz CT molecular complexity index is 322. The van der Waals surface area contributed by atoms with Crippen LogP contribution < -0.4 is 5.32 Å². The van der Waals surface area contributed by atoms with E-state index in [0.717, 1.165) is 11.8 Å². The molecule has 1 aromatic carbocycles. The van der Waals surface area contributed by atoms with Crippen molar-refractivity contribution in [2.24, 2.45) is 0 Å². The Morgan fingerprint density at radius 2 is 2.07 bits per heavy atom. The van der Waals surface area contributed by atoms with Crippen molar-refractivity contribution in [2.75, 3.05) is 0 Å². The Morgan fingerprint density at radius 3 is 2.67 bits per heavy atom. The van der Waals surface area contributed by atoms with Gasteiger partial charge in [0.05, 0.1) is 6.04 Å². The van der Waals surface area contributed by atoms with Gasteiger partial charge in [0.1, 0.15) is 6.29 Å². The number of aryl methyl sites for hydroxylation is 1. The van der Waals surface area contributed by atoms with Gasteiger partial charge in [0, 0.05) is 6.42 Å². The zero-order valence-corrected chi connectivity index (χ0v) is 8.77. The number of hydrogen-bond acceptors (Lipinski definition) is 2.